The van der Waals surface area contributed by atoms with Crippen LogP contribution in [-0.2, 0) is 15.3 Å². The predicted molar refractivity (Wildman–Crippen MR) is 219 cm³/mol. The quantitative estimate of drug-likeness (QED) is 0.183. The van der Waals surface area contributed by atoms with Gasteiger partial charge < -0.3 is 4.90 Å². The number of sulfone groups is 1. The Bertz CT molecular complexity index is 3160. The van der Waals surface area contributed by atoms with E-state index in [1.54, 1.807) is 12.1 Å². The van der Waals surface area contributed by atoms with Crippen LogP contribution in [0.4, 0.5) is 17.1 Å². The summed E-state index contributed by atoms with van der Waals surface area (Å²) < 4.78 is 30.8. The van der Waals surface area contributed by atoms with Crippen molar-refractivity contribution in [1.29, 1.82) is 0 Å². The van der Waals surface area contributed by atoms with Crippen molar-refractivity contribution >= 4 is 59.6 Å². The summed E-state index contributed by atoms with van der Waals surface area (Å²) in [5, 5.41) is 3.39. The summed E-state index contributed by atoms with van der Waals surface area (Å²) in [7, 11) is -3.79. The summed E-state index contributed by atoms with van der Waals surface area (Å²) in [6, 6.07) is 55.4. The van der Waals surface area contributed by atoms with E-state index in [0.717, 1.165) is 50.0 Å². The molecule has 0 spiro atoms. The second-order valence-electron chi connectivity index (χ2n) is 14.8. The molecule has 1 aliphatic heterocycles. The Morgan fingerprint density at radius 2 is 1.22 bits per heavy atom. The van der Waals surface area contributed by atoms with Crippen LogP contribution in [0.1, 0.15) is 25.0 Å². The van der Waals surface area contributed by atoms with E-state index in [9.17, 15) is 8.42 Å². The fourth-order valence-electron chi connectivity index (χ4n) is 8.99. The highest BCUT2D eigenvalue weighted by Gasteiger charge is 2.36. The van der Waals surface area contributed by atoms with Gasteiger partial charge in [-0.15, -0.1) is 0 Å². The van der Waals surface area contributed by atoms with E-state index in [1.165, 1.54) is 27.6 Å². The molecule has 0 bridgehead atoms. The first-order valence-corrected chi connectivity index (χ1v) is 19.7. The van der Waals surface area contributed by atoms with Crippen molar-refractivity contribution in [2.75, 3.05) is 4.90 Å². The molecule has 6 heteroatoms. The number of fused-ring (bicyclic) bond motifs is 7. The van der Waals surface area contributed by atoms with Crippen LogP contribution in [0.25, 0.3) is 60.8 Å². The van der Waals surface area contributed by atoms with Crippen LogP contribution in [-0.4, -0.2) is 18.0 Å². The molecule has 7 aromatic carbocycles. The number of hydrogen-bond donors (Lipinski definition) is 0. The normalized spacial score (nSPS) is 14.9. The van der Waals surface area contributed by atoms with Gasteiger partial charge in [0, 0.05) is 27.3 Å². The molecule has 11 rings (SSSR count). The smallest absolute Gasteiger partial charge is 0.210 e. The fourth-order valence-corrected chi connectivity index (χ4v) is 10.6. The van der Waals surface area contributed by atoms with Crippen molar-refractivity contribution in [3.05, 3.63) is 175 Å². The second kappa shape index (κ2) is 11.0. The molecule has 1 aliphatic carbocycles. The van der Waals surface area contributed by atoms with Gasteiger partial charge in [-0.3, -0.25) is 4.57 Å². The highest BCUT2D eigenvalue weighted by molar-refractivity contribution is 7.92. The number of para-hydroxylation sites is 3. The van der Waals surface area contributed by atoms with Crippen LogP contribution >= 0.6 is 0 Å². The topological polar surface area (TPSA) is 55.2 Å². The number of anilines is 3. The largest absolute Gasteiger partial charge is 0.308 e. The highest BCUT2D eigenvalue weighted by atomic mass is 32.2. The van der Waals surface area contributed by atoms with Crippen molar-refractivity contribution in [2.45, 2.75) is 29.1 Å². The third-order valence-electron chi connectivity index (χ3n) is 11.5. The summed E-state index contributed by atoms with van der Waals surface area (Å²) in [5.41, 5.74) is 12.0. The van der Waals surface area contributed by atoms with Gasteiger partial charge in [0.2, 0.25) is 9.84 Å². The number of nitrogens with zero attached hydrogens (tertiary/aromatic N) is 3. The average Bonchev–Trinajstić information content (AvgIpc) is 3.54. The maximum absolute atomic E-state index is 14.2. The first-order valence-electron chi connectivity index (χ1n) is 18.2. The van der Waals surface area contributed by atoms with Gasteiger partial charge in [-0.05, 0) is 100 Å². The van der Waals surface area contributed by atoms with E-state index in [2.05, 4.69) is 109 Å². The maximum Gasteiger partial charge on any atom is 0.210 e. The molecule has 0 unspecified atom stereocenters. The molecular weight excluding hydrogens is 683 g/mol. The lowest BCUT2D eigenvalue weighted by Crippen LogP contribution is -2.23. The molecule has 54 heavy (non-hydrogen) atoms. The Labute approximate surface area is 313 Å². The van der Waals surface area contributed by atoms with Crippen LogP contribution in [0.5, 0.6) is 0 Å². The van der Waals surface area contributed by atoms with Crippen LogP contribution in [0.15, 0.2) is 174 Å². The zero-order valence-electron chi connectivity index (χ0n) is 29.7. The van der Waals surface area contributed by atoms with E-state index >= 15 is 0 Å². The van der Waals surface area contributed by atoms with Gasteiger partial charge in [0.05, 0.1) is 37.7 Å². The Balaban J connectivity index is 1.11. The van der Waals surface area contributed by atoms with Crippen LogP contribution < -0.4 is 4.90 Å². The lowest BCUT2D eigenvalue weighted by Gasteiger charge is -2.35. The highest BCUT2D eigenvalue weighted by Crippen LogP contribution is 2.51. The zero-order chi connectivity index (χ0) is 36.3. The molecule has 0 radical (unpaired) electrons. The molecule has 2 aliphatic rings. The predicted octanol–water partition coefficient (Wildman–Crippen LogP) is 11.9. The van der Waals surface area contributed by atoms with Crippen molar-refractivity contribution in [2.24, 2.45) is 0 Å². The van der Waals surface area contributed by atoms with E-state index in [-0.39, 0.29) is 5.41 Å². The second-order valence-corrected chi connectivity index (χ2v) is 16.7. The van der Waals surface area contributed by atoms with E-state index < -0.39 is 9.84 Å². The third kappa shape index (κ3) is 4.20. The van der Waals surface area contributed by atoms with E-state index in [0.29, 0.717) is 21.2 Å². The maximum atomic E-state index is 14.2. The van der Waals surface area contributed by atoms with Gasteiger partial charge in [-0.1, -0.05) is 111 Å². The van der Waals surface area contributed by atoms with Gasteiger partial charge in [-0.2, -0.15) is 0 Å². The van der Waals surface area contributed by atoms with E-state index in [1.807, 2.05) is 65.6 Å². The molecule has 9 aromatic rings. The first kappa shape index (κ1) is 31.1. The average molecular weight is 716 g/mol. The lowest BCUT2D eigenvalue weighted by atomic mass is 9.69. The molecule has 2 aromatic heterocycles. The lowest BCUT2D eigenvalue weighted by molar-refractivity contribution is 0.595. The molecule has 3 heterocycles. The van der Waals surface area contributed by atoms with Crippen molar-refractivity contribution in [3.8, 4) is 28.1 Å². The Kier molecular flexibility index (Phi) is 6.33. The van der Waals surface area contributed by atoms with Crippen molar-refractivity contribution in [1.82, 2.24) is 9.55 Å². The van der Waals surface area contributed by atoms with Gasteiger partial charge in [-0.25, -0.2) is 13.4 Å². The molecule has 5 nitrogen and oxygen atoms in total. The summed E-state index contributed by atoms with van der Waals surface area (Å²) >= 11 is 0. The van der Waals surface area contributed by atoms with Crippen LogP contribution in [0.2, 0.25) is 0 Å². The molecule has 0 saturated carbocycles. The molecule has 0 atom stereocenters. The van der Waals surface area contributed by atoms with Gasteiger partial charge in [0.15, 0.2) is 0 Å². The summed E-state index contributed by atoms with van der Waals surface area (Å²) in [5.74, 6) is 0.864. The standard InChI is InChI=1S/C48H33N3O2S/c1-48(2)37-17-8-6-15-33(37)36-29-46(49-39-19-12-18-38(48)47(36)39)51-40-20-9-7-16-34(40)35-27-30(23-25-41(35)51)31-24-26-43-45(28-31)54(52,53)44-22-11-10-21-42(44)50(43)32-13-4-3-5-14-32/h3-29H,1-2H3. The summed E-state index contributed by atoms with van der Waals surface area (Å²) in [6.45, 7) is 4.61. The molecule has 0 amide bonds. The SMILES string of the molecule is CC1(C)c2ccccc2-c2cc(-n3c4ccccc4c4cc(-c5ccc6c(c5)S(=O)(=O)c5ccccc5N6c5ccccc5)ccc43)nc3cccc1c23. The van der Waals surface area contributed by atoms with Crippen LogP contribution in [0, 0.1) is 0 Å². The monoisotopic (exact) mass is 715 g/mol. The fraction of sp³-hybridized carbons (Fsp3) is 0.0625. The van der Waals surface area contributed by atoms with E-state index in [4.69, 9.17) is 4.98 Å². The molecule has 0 saturated heterocycles. The molecular formula is C48H33N3O2S. The minimum atomic E-state index is -3.79. The number of hydrogen-bond acceptors (Lipinski definition) is 4. The van der Waals surface area contributed by atoms with Crippen molar-refractivity contribution < 1.29 is 8.42 Å². The summed E-state index contributed by atoms with van der Waals surface area (Å²) in [6.07, 6.45) is 0. The third-order valence-corrected chi connectivity index (χ3v) is 13.3. The number of aromatic nitrogens is 2. The number of pyridine rings is 1. The van der Waals surface area contributed by atoms with Gasteiger partial charge >= 0.3 is 0 Å². The molecule has 258 valence electrons. The van der Waals surface area contributed by atoms with Crippen LogP contribution in [0.3, 0.4) is 0 Å². The first-order chi connectivity index (χ1) is 26.3. The number of rotatable bonds is 3. The number of benzene rings is 7. The molecule has 0 N–H and O–H groups in total. The minimum Gasteiger partial charge on any atom is -0.308 e. The Morgan fingerprint density at radius 3 is 2.11 bits per heavy atom. The Morgan fingerprint density at radius 1 is 0.537 bits per heavy atom. The zero-order valence-corrected chi connectivity index (χ0v) is 30.5. The van der Waals surface area contributed by atoms with Gasteiger partial charge in [0.1, 0.15) is 5.82 Å². The van der Waals surface area contributed by atoms with Crippen molar-refractivity contribution in [3.63, 3.8) is 0 Å². The summed E-state index contributed by atoms with van der Waals surface area (Å²) in [4.78, 5) is 7.98. The minimum absolute atomic E-state index is 0.144. The molecule has 0 fully saturated rings. The Hall–Kier alpha value is -6.50. The van der Waals surface area contributed by atoms with Gasteiger partial charge in [0.25, 0.3) is 0 Å².